The van der Waals surface area contributed by atoms with E-state index in [0.717, 1.165) is 50.0 Å². The zero-order valence-electron chi connectivity index (χ0n) is 15.7. The van der Waals surface area contributed by atoms with Gasteiger partial charge < -0.3 is 19.9 Å². The van der Waals surface area contributed by atoms with E-state index in [1.54, 1.807) is 7.11 Å². The molecule has 0 spiro atoms. The standard InChI is InChI=1S/C20H29N3O3/c1-15(26-2)17-6-5-7-18(14-17)21-19(24)16-8-12-23(13-9-16)20(25)22-10-3-4-11-22/h5-7,14-16H,3-4,8-13H2,1-2H3,(H,21,24). The number of likely N-dealkylation sites (tertiary alicyclic amines) is 2. The van der Waals surface area contributed by atoms with E-state index in [4.69, 9.17) is 4.74 Å². The molecule has 2 aliphatic heterocycles. The highest BCUT2D eigenvalue weighted by molar-refractivity contribution is 5.92. The van der Waals surface area contributed by atoms with Crippen LogP contribution in [0.2, 0.25) is 0 Å². The number of amides is 3. The van der Waals surface area contributed by atoms with Gasteiger partial charge >= 0.3 is 6.03 Å². The van der Waals surface area contributed by atoms with Gasteiger partial charge in [0, 0.05) is 44.9 Å². The van der Waals surface area contributed by atoms with Crippen molar-refractivity contribution in [3.8, 4) is 0 Å². The lowest BCUT2D eigenvalue weighted by Gasteiger charge is -2.34. The first-order chi connectivity index (χ1) is 12.6. The second-order valence-corrected chi connectivity index (χ2v) is 7.23. The van der Waals surface area contributed by atoms with Crippen LogP contribution in [0.4, 0.5) is 10.5 Å². The summed E-state index contributed by atoms with van der Waals surface area (Å²) in [6.07, 6.45) is 3.64. The predicted molar refractivity (Wildman–Crippen MR) is 101 cm³/mol. The van der Waals surface area contributed by atoms with Crippen molar-refractivity contribution >= 4 is 17.6 Å². The largest absolute Gasteiger partial charge is 0.377 e. The molecule has 2 aliphatic rings. The molecule has 1 atom stereocenters. The fourth-order valence-electron chi connectivity index (χ4n) is 3.69. The Balaban J connectivity index is 1.51. The van der Waals surface area contributed by atoms with Gasteiger partial charge in [0.05, 0.1) is 6.10 Å². The molecule has 3 amide bonds. The molecule has 0 bridgehead atoms. The first kappa shape index (κ1) is 18.7. The van der Waals surface area contributed by atoms with Crippen molar-refractivity contribution in [1.29, 1.82) is 0 Å². The quantitative estimate of drug-likeness (QED) is 0.897. The Morgan fingerprint density at radius 1 is 1.12 bits per heavy atom. The number of hydrogen-bond acceptors (Lipinski definition) is 3. The Bertz CT molecular complexity index is 635. The summed E-state index contributed by atoms with van der Waals surface area (Å²) in [5.74, 6) is 0.00150. The molecule has 1 aromatic carbocycles. The SMILES string of the molecule is COC(C)c1cccc(NC(=O)C2CCN(C(=O)N3CCCC3)CC2)c1. The molecule has 0 aliphatic carbocycles. The number of hydrogen-bond donors (Lipinski definition) is 1. The van der Waals surface area contributed by atoms with Crippen LogP contribution in [0.5, 0.6) is 0 Å². The van der Waals surface area contributed by atoms with Gasteiger partial charge in [-0.15, -0.1) is 0 Å². The normalized spacial score (nSPS) is 19.5. The maximum Gasteiger partial charge on any atom is 0.319 e. The lowest BCUT2D eigenvalue weighted by molar-refractivity contribution is -0.121. The molecule has 142 valence electrons. The first-order valence-electron chi connectivity index (χ1n) is 9.56. The number of nitrogens with one attached hydrogen (secondary N) is 1. The molecule has 6 nitrogen and oxygen atoms in total. The van der Waals surface area contributed by atoms with Crippen LogP contribution in [-0.4, -0.2) is 55.0 Å². The Labute approximate surface area is 155 Å². The second kappa shape index (κ2) is 8.54. The van der Waals surface area contributed by atoms with E-state index < -0.39 is 0 Å². The topological polar surface area (TPSA) is 61.9 Å². The van der Waals surface area contributed by atoms with E-state index in [-0.39, 0.29) is 24.0 Å². The molecule has 1 unspecified atom stereocenters. The van der Waals surface area contributed by atoms with Crippen molar-refractivity contribution in [2.75, 3.05) is 38.6 Å². The molecule has 2 fully saturated rings. The van der Waals surface area contributed by atoms with Crippen LogP contribution in [0.25, 0.3) is 0 Å². The Hall–Kier alpha value is -2.08. The van der Waals surface area contributed by atoms with Crippen LogP contribution in [0, 0.1) is 5.92 Å². The number of piperidine rings is 1. The molecule has 0 radical (unpaired) electrons. The molecule has 1 N–H and O–H groups in total. The molecular formula is C20H29N3O3. The number of carbonyl (C=O) groups excluding carboxylic acids is 2. The average molecular weight is 359 g/mol. The molecule has 6 heteroatoms. The van der Waals surface area contributed by atoms with Crippen molar-refractivity contribution in [3.05, 3.63) is 29.8 Å². The van der Waals surface area contributed by atoms with E-state index in [1.807, 2.05) is 41.0 Å². The van der Waals surface area contributed by atoms with Crippen molar-refractivity contribution in [1.82, 2.24) is 9.80 Å². The molecule has 26 heavy (non-hydrogen) atoms. The smallest absolute Gasteiger partial charge is 0.319 e. The molecule has 3 rings (SSSR count). The van der Waals surface area contributed by atoms with Gasteiger partial charge in [-0.3, -0.25) is 4.79 Å². The predicted octanol–water partition coefficient (Wildman–Crippen LogP) is 3.26. The summed E-state index contributed by atoms with van der Waals surface area (Å²) in [5, 5.41) is 3.02. The minimum absolute atomic E-state index is 0.00769. The van der Waals surface area contributed by atoms with Crippen LogP contribution >= 0.6 is 0 Å². The summed E-state index contributed by atoms with van der Waals surface area (Å²) in [4.78, 5) is 28.9. The fraction of sp³-hybridized carbons (Fsp3) is 0.600. The monoisotopic (exact) mass is 359 g/mol. The van der Waals surface area contributed by atoms with Crippen molar-refractivity contribution in [3.63, 3.8) is 0 Å². The zero-order valence-corrected chi connectivity index (χ0v) is 15.7. The summed E-state index contributed by atoms with van der Waals surface area (Å²) in [6.45, 7) is 5.04. The van der Waals surface area contributed by atoms with Gasteiger partial charge in [0.25, 0.3) is 0 Å². The van der Waals surface area contributed by atoms with E-state index in [2.05, 4.69) is 5.32 Å². The van der Waals surface area contributed by atoms with Crippen molar-refractivity contribution < 1.29 is 14.3 Å². The van der Waals surface area contributed by atoms with Crippen LogP contribution in [0.15, 0.2) is 24.3 Å². The molecule has 1 aromatic rings. The number of urea groups is 1. The third-order valence-electron chi connectivity index (χ3n) is 5.49. The van der Waals surface area contributed by atoms with E-state index in [1.165, 1.54) is 0 Å². The number of nitrogens with zero attached hydrogens (tertiary/aromatic N) is 2. The maximum atomic E-state index is 12.6. The third-order valence-corrected chi connectivity index (χ3v) is 5.49. The third kappa shape index (κ3) is 4.36. The number of carbonyl (C=O) groups is 2. The van der Waals surface area contributed by atoms with Gasteiger partial charge in [-0.05, 0) is 50.3 Å². The first-order valence-corrected chi connectivity index (χ1v) is 9.56. The summed E-state index contributed by atoms with van der Waals surface area (Å²) in [5.41, 5.74) is 1.84. The molecule has 0 aromatic heterocycles. The number of anilines is 1. The van der Waals surface area contributed by atoms with Gasteiger partial charge in [-0.1, -0.05) is 12.1 Å². The van der Waals surface area contributed by atoms with Gasteiger partial charge in [0.1, 0.15) is 0 Å². The lowest BCUT2D eigenvalue weighted by Crippen LogP contribution is -2.47. The van der Waals surface area contributed by atoms with Crippen LogP contribution in [0.3, 0.4) is 0 Å². The number of ether oxygens (including phenoxy) is 1. The zero-order chi connectivity index (χ0) is 18.5. The molecule has 0 saturated carbocycles. The van der Waals surface area contributed by atoms with Gasteiger partial charge in [0.15, 0.2) is 0 Å². The van der Waals surface area contributed by atoms with Gasteiger partial charge in [0.2, 0.25) is 5.91 Å². The highest BCUT2D eigenvalue weighted by Gasteiger charge is 2.30. The van der Waals surface area contributed by atoms with Crippen molar-refractivity contribution in [2.24, 2.45) is 5.92 Å². The van der Waals surface area contributed by atoms with Crippen molar-refractivity contribution in [2.45, 2.75) is 38.7 Å². The summed E-state index contributed by atoms with van der Waals surface area (Å²) >= 11 is 0. The minimum Gasteiger partial charge on any atom is -0.377 e. The lowest BCUT2D eigenvalue weighted by atomic mass is 9.96. The van der Waals surface area contributed by atoms with Crippen LogP contribution in [-0.2, 0) is 9.53 Å². The number of methoxy groups -OCH3 is 1. The maximum absolute atomic E-state index is 12.6. The second-order valence-electron chi connectivity index (χ2n) is 7.23. The Morgan fingerprint density at radius 3 is 2.42 bits per heavy atom. The number of benzene rings is 1. The summed E-state index contributed by atoms with van der Waals surface area (Å²) in [7, 11) is 1.67. The number of rotatable bonds is 4. The molecule has 2 saturated heterocycles. The highest BCUT2D eigenvalue weighted by atomic mass is 16.5. The molecular weight excluding hydrogens is 330 g/mol. The van der Waals surface area contributed by atoms with Crippen LogP contribution < -0.4 is 5.32 Å². The van der Waals surface area contributed by atoms with E-state index >= 15 is 0 Å². The summed E-state index contributed by atoms with van der Waals surface area (Å²) < 4.78 is 5.33. The van der Waals surface area contributed by atoms with Gasteiger partial charge in [-0.2, -0.15) is 0 Å². The minimum atomic E-state index is -0.0406. The highest BCUT2D eigenvalue weighted by Crippen LogP contribution is 2.23. The van der Waals surface area contributed by atoms with Gasteiger partial charge in [-0.25, -0.2) is 4.79 Å². The van der Waals surface area contributed by atoms with Crippen LogP contribution in [0.1, 0.15) is 44.3 Å². The Kier molecular flexibility index (Phi) is 6.14. The van der Waals surface area contributed by atoms with E-state index in [0.29, 0.717) is 13.1 Å². The fourth-order valence-corrected chi connectivity index (χ4v) is 3.69. The van der Waals surface area contributed by atoms with E-state index in [9.17, 15) is 9.59 Å². The molecule has 2 heterocycles. The average Bonchev–Trinajstić information content (AvgIpc) is 3.22. The Morgan fingerprint density at radius 2 is 1.77 bits per heavy atom. The summed E-state index contributed by atoms with van der Waals surface area (Å²) in [6, 6.07) is 7.92.